The van der Waals surface area contributed by atoms with Crippen LogP contribution in [0.1, 0.15) is 24.2 Å². The number of hydrogen-bond acceptors (Lipinski definition) is 8. The van der Waals surface area contributed by atoms with E-state index in [9.17, 15) is 25.9 Å². The minimum Gasteiger partial charge on any atom is -0.443 e. The number of ether oxygens (including phenoxy) is 2. The van der Waals surface area contributed by atoms with E-state index in [2.05, 4.69) is 0 Å². The molecule has 0 saturated carbocycles. The Balaban J connectivity index is 2.10. The predicted octanol–water partition coefficient (Wildman–Crippen LogP) is 5.67. The molecule has 0 amide bonds. The van der Waals surface area contributed by atoms with Crippen molar-refractivity contribution in [2.75, 3.05) is 0 Å². The molecule has 34 heavy (non-hydrogen) atoms. The number of non-ortho nitro benzene ring substituents is 1. The van der Waals surface area contributed by atoms with Crippen molar-refractivity contribution in [3.63, 3.8) is 0 Å². The molecule has 12 heteroatoms. The van der Waals surface area contributed by atoms with Crippen LogP contribution in [0.5, 0.6) is 0 Å². The van der Waals surface area contributed by atoms with Gasteiger partial charge in [0.25, 0.3) is 5.69 Å². The summed E-state index contributed by atoms with van der Waals surface area (Å²) in [5.41, 5.74) is -4.74. The Kier molecular flexibility index (Phi) is 5.48. The number of nitrogens with zero attached hydrogens (tertiary/aromatic N) is 4. The van der Waals surface area contributed by atoms with Gasteiger partial charge in [0, 0.05) is 33.3 Å². The molecule has 9 nitrogen and oxygen atoms in total. The van der Waals surface area contributed by atoms with Crippen LogP contribution < -0.4 is 0 Å². The molecule has 4 atom stereocenters. The smallest absolute Gasteiger partial charge is 0.269 e. The van der Waals surface area contributed by atoms with Gasteiger partial charge >= 0.3 is 0 Å². The summed E-state index contributed by atoms with van der Waals surface area (Å²) in [5.74, 6) is -3.64. The maximum absolute atomic E-state index is 11.4. The molecule has 0 aromatic heterocycles. The number of nitrogens with one attached hydrogen (secondary N) is 1. The second kappa shape index (κ2) is 7.84. The van der Waals surface area contributed by atoms with E-state index in [1.54, 1.807) is 0 Å². The molecule has 2 aliphatic rings. The standard InChI is InChI=1S/C22H12Cl3N5O4/c1-11-21(10-28)19(29)34-22(11,15-4-2-12(23)6-17(15)25)33-18(20(21,8-26)9-27)14-7-13(30(31)32)3-5-16(14)24/h2-7,11,18,29H,1H3. The number of nitro groups is 1. The maximum Gasteiger partial charge on any atom is 0.269 e. The van der Waals surface area contributed by atoms with Gasteiger partial charge in [0.1, 0.15) is 6.10 Å². The largest absolute Gasteiger partial charge is 0.443 e. The second-order valence-electron chi connectivity index (χ2n) is 7.86. The molecule has 2 aromatic rings. The molecular weight excluding hydrogens is 505 g/mol. The average Bonchev–Trinajstić information content (AvgIpc) is 2.95. The molecule has 4 rings (SSSR count). The maximum atomic E-state index is 11.4. The van der Waals surface area contributed by atoms with Crippen molar-refractivity contribution in [2.45, 2.75) is 18.8 Å². The van der Waals surface area contributed by atoms with Crippen LogP contribution in [0.25, 0.3) is 0 Å². The number of halogens is 3. The highest BCUT2D eigenvalue weighted by Crippen LogP contribution is 2.69. The zero-order chi connectivity index (χ0) is 25.1. The second-order valence-corrected chi connectivity index (χ2v) is 9.11. The number of hydrogen-bond donors (Lipinski definition) is 1. The lowest BCUT2D eigenvalue weighted by atomic mass is 9.53. The predicted molar refractivity (Wildman–Crippen MR) is 120 cm³/mol. The zero-order valence-electron chi connectivity index (χ0n) is 17.2. The van der Waals surface area contributed by atoms with Gasteiger partial charge in [-0.15, -0.1) is 0 Å². The van der Waals surface area contributed by atoms with Gasteiger partial charge in [-0.05, 0) is 24.3 Å². The van der Waals surface area contributed by atoms with Crippen molar-refractivity contribution in [3.05, 3.63) is 72.7 Å². The first kappa shape index (κ1) is 23.8. The number of nitriles is 3. The Morgan fingerprint density at radius 1 is 1.06 bits per heavy atom. The quantitative estimate of drug-likeness (QED) is 0.407. The van der Waals surface area contributed by atoms with Crippen LogP contribution in [0.2, 0.25) is 15.1 Å². The van der Waals surface area contributed by atoms with Gasteiger partial charge in [-0.2, -0.15) is 15.8 Å². The summed E-state index contributed by atoms with van der Waals surface area (Å²) < 4.78 is 12.1. The van der Waals surface area contributed by atoms with Crippen LogP contribution in [0.15, 0.2) is 36.4 Å². The normalized spacial score (nSPS) is 28.8. The molecule has 170 valence electrons. The minimum absolute atomic E-state index is 0.0450. The number of rotatable bonds is 3. The molecule has 2 saturated heterocycles. The molecule has 2 bridgehead atoms. The van der Waals surface area contributed by atoms with Gasteiger partial charge in [0.15, 0.2) is 5.41 Å². The SMILES string of the molecule is CC1C2(c3ccc(Cl)cc3Cl)OC(=N)C1(C#N)C(C#N)(C#N)C(c1cc([N+](=O)[O-])ccc1Cl)O2. The number of nitro benzene ring substituents is 1. The van der Waals surface area contributed by atoms with Crippen LogP contribution >= 0.6 is 34.8 Å². The average molecular weight is 517 g/mol. The van der Waals surface area contributed by atoms with Gasteiger partial charge in [-0.1, -0.05) is 41.7 Å². The van der Waals surface area contributed by atoms with E-state index in [-0.39, 0.29) is 26.9 Å². The fraction of sp³-hybridized carbons (Fsp3) is 0.273. The Hall–Kier alpha value is -3.39. The Labute approximate surface area is 208 Å². The van der Waals surface area contributed by atoms with Crippen molar-refractivity contribution in [1.29, 1.82) is 21.2 Å². The molecule has 2 heterocycles. The summed E-state index contributed by atoms with van der Waals surface area (Å²) in [7, 11) is 0. The Morgan fingerprint density at radius 2 is 1.74 bits per heavy atom. The van der Waals surface area contributed by atoms with Gasteiger partial charge < -0.3 is 9.47 Å². The molecule has 4 unspecified atom stereocenters. The van der Waals surface area contributed by atoms with Gasteiger partial charge in [-0.3, -0.25) is 15.5 Å². The third-order valence-corrected chi connectivity index (χ3v) is 7.34. The van der Waals surface area contributed by atoms with Crippen molar-refractivity contribution >= 4 is 46.4 Å². The molecule has 0 aliphatic carbocycles. The molecule has 0 radical (unpaired) electrons. The fourth-order valence-corrected chi connectivity index (χ4v) is 5.50. The lowest BCUT2D eigenvalue weighted by Gasteiger charge is -2.49. The van der Waals surface area contributed by atoms with Crippen LogP contribution in [-0.2, 0) is 15.3 Å². The van der Waals surface area contributed by atoms with Gasteiger partial charge in [0.2, 0.25) is 17.1 Å². The molecule has 0 spiro atoms. The minimum atomic E-state index is -2.35. The van der Waals surface area contributed by atoms with Crippen LogP contribution in [-0.4, -0.2) is 10.8 Å². The van der Waals surface area contributed by atoms with Crippen LogP contribution in [0.3, 0.4) is 0 Å². The highest BCUT2D eigenvalue weighted by molar-refractivity contribution is 6.35. The first-order chi connectivity index (χ1) is 16.0. The summed E-state index contributed by atoms with van der Waals surface area (Å²) in [5, 5.41) is 51.2. The molecule has 2 aromatic carbocycles. The monoisotopic (exact) mass is 515 g/mol. The lowest BCUT2D eigenvalue weighted by molar-refractivity contribution is -0.385. The van der Waals surface area contributed by atoms with E-state index in [4.69, 9.17) is 49.7 Å². The molecular formula is C22H12Cl3N5O4. The summed E-state index contributed by atoms with van der Waals surface area (Å²) in [6.45, 7) is 1.50. The van der Waals surface area contributed by atoms with Gasteiger partial charge in [0.05, 0.1) is 34.1 Å². The van der Waals surface area contributed by atoms with E-state index in [0.29, 0.717) is 5.02 Å². The summed E-state index contributed by atoms with van der Waals surface area (Å²) in [6, 6.07) is 13.5. The molecule has 2 fully saturated rings. The highest BCUT2D eigenvalue weighted by Gasteiger charge is 2.80. The van der Waals surface area contributed by atoms with E-state index in [1.807, 2.05) is 18.2 Å². The van der Waals surface area contributed by atoms with Crippen molar-refractivity contribution < 1.29 is 14.4 Å². The van der Waals surface area contributed by atoms with E-state index < -0.39 is 39.5 Å². The number of benzene rings is 2. The van der Waals surface area contributed by atoms with E-state index in [0.717, 1.165) is 12.1 Å². The first-order valence-corrected chi connectivity index (χ1v) is 10.8. The fourth-order valence-electron chi connectivity index (χ4n) is 4.74. The third-order valence-electron chi connectivity index (χ3n) is 6.45. The van der Waals surface area contributed by atoms with Crippen molar-refractivity contribution in [3.8, 4) is 18.2 Å². The summed E-state index contributed by atoms with van der Waals surface area (Å²) in [4.78, 5) is 10.7. The van der Waals surface area contributed by atoms with E-state index in [1.165, 1.54) is 31.2 Å². The van der Waals surface area contributed by atoms with Crippen LogP contribution in [0, 0.1) is 66.3 Å². The van der Waals surface area contributed by atoms with Crippen LogP contribution in [0.4, 0.5) is 5.69 Å². The van der Waals surface area contributed by atoms with Crippen molar-refractivity contribution in [2.24, 2.45) is 16.7 Å². The van der Waals surface area contributed by atoms with E-state index >= 15 is 0 Å². The lowest BCUT2D eigenvalue weighted by Crippen LogP contribution is -2.57. The molecule has 2 aliphatic heterocycles. The molecule has 1 N–H and O–H groups in total. The zero-order valence-corrected chi connectivity index (χ0v) is 19.4. The Bertz CT molecular complexity index is 1380. The topological polar surface area (TPSA) is 157 Å². The summed E-state index contributed by atoms with van der Waals surface area (Å²) >= 11 is 18.8. The summed E-state index contributed by atoms with van der Waals surface area (Å²) in [6.07, 6.45) is -1.62. The Morgan fingerprint density at radius 3 is 2.29 bits per heavy atom. The first-order valence-electron chi connectivity index (χ1n) is 9.63. The van der Waals surface area contributed by atoms with Crippen molar-refractivity contribution in [1.82, 2.24) is 0 Å². The van der Waals surface area contributed by atoms with Gasteiger partial charge in [-0.25, -0.2) is 0 Å². The highest BCUT2D eigenvalue weighted by atomic mass is 35.5. The third kappa shape index (κ3) is 2.78. The number of fused-ring (bicyclic) bond motifs is 2.